The molecule has 1 amide bonds. The van der Waals surface area contributed by atoms with Crippen LogP contribution in [0.1, 0.15) is 23.2 Å². The number of nitrogens with zero attached hydrogens (tertiary/aromatic N) is 3. The molecule has 2 aromatic heterocycles. The fourth-order valence-corrected chi connectivity index (χ4v) is 4.17. The first-order valence-electron chi connectivity index (χ1n) is 11.5. The van der Waals surface area contributed by atoms with Crippen LogP contribution in [0.15, 0.2) is 61.1 Å². The Morgan fingerprint density at radius 1 is 1.14 bits per heavy atom. The molecule has 3 heterocycles. The van der Waals surface area contributed by atoms with Crippen molar-refractivity contribution in [2.24, 2.45) is 0 Å². The Bertz CT molecular complexity index is 1330. The summed E-state index contributed by atoms with van der Waals surface area (Å²) in [5, 5.41) is 6.41. The molecule has 180 valence electrons. The summed E-state index contributed by atoms with van der Waals surface area (Å²) in [6, 6.07) is 13.0. The normalized spacial score (nSPS) is 15.2. The predicted molar refractivity (Wildman–Crippen MR) is 133 cm³/mol. The Morgan fingerprint density at radius 2 is 1.97 bits per heavy atom. The molecule has 0 radical (unpaired) electrons. The lowest BCUT2D eigenvalue weighted by molar-refractivity contribution is 0.0858. The summed E-state index contributed by atoms with van der Waals surface area (Å²) >= 11 is 0. The van der Waals surface area contributed by atoms with E-state index in [9.17, 15) is 4.79 Å². The number of carbonyl (C=O) groups is 1. The van der Waals surface area contributed by atoms with E-state index in [2.05, 4.69) is 15.6 Å². The van der Waals surface area contributed by atoms with Gasteiger partial charge in [-0.1, -0.05) is 0 Å². The van der Waals surface area contributed by atoms with E-state index < -0.39 is 0 Å². The molecule has 1 fully saturated rings. The molecular formula is C26H27N5O4. The lowest BCUT2D eigenvalue weighted by Crippen LogP contribution is -2.31. The SMILES string of the molecule is COc1ccc(-c2nc3cnccn3c2Nc2ccc(C(=O)NC[C@@H]3CCCO3)cc2)cc1OC. The number of hydrogen-bond acceptors (Lipinski definition) is 7. The minimum absolute atomic E-state index is 0.111. The Morgan fingerprint density at radius 3 is 2.71 bits per heavy atom. The number of fused-ring (bicyclic) bond motifs is 1. The maximum Gasteiger partial charge on any atom is 0.251 e. The van der Waals surface area contributed by atoms with Crippen LogP contribution in [0.2, 0.25) is 0 Å². The molecule has 1 aliphatic rings. The summed E-state index contributed by atoms with van der Waals surface area (Å²) in [6.45, 7) is 1.30. The second kappa shape index (κ2) is 10.0. The maximum absolute atomic E-state index is 12.5. The van der Waals surface area contributed by atoms with E-state index in [1.807, 2.05) is 40.9 Å². The largest absolute Gasteiger partial charge is 0.493 e. The number of methoxy groups -OCH3 is 2. The first-order valence-corrected chi connectivity index (χ1v) is 11.5. The number of ether oxygens (including phenoxy) is 3. The average molecular weight is 474 g/mol. The van der Waals surface area contributed by atoms with Gasteiger partial charge in [-0.3, -0.25) is 14.2 Å². The predicted octanol–water partition coefficient (Wildman–Crippen LogP) is 4.07. The van der Waals surface area contributed by atoms with Crippen LogP contribution < -0.4 is 20.1 Å². The van der Waals surface area contributed by atoms with E-state index in [0.717, 1.165) is 42.2 Å². The summed E-state index contributed by atoms with van der Waals surface area (Å²) in [4.78, 5) is 21.5. The van der Waals surface area contributed by atoms with Gasteiger partial charge in [0.05, 0.1) is 26.5 Å². The maximum atomic E-state index is 12.5. The van der Waals surface area contributed by atoms with Gasteiger partial charge in [0.15, 0.2) is 17.1 Å². The Labute approximate surface area is 203 Å². The summed E-state index contributed by atoms with van der Waals surface area (Å²) in [7, 11) is 3.21. The third-order valence-electron chi connectivity index (χ3n) is 6.01. The molecule has 0 spiro atoms. The van der Waals surface area contributed by atoms with E-state index >= 15 is 0 Å². The van der Waals surface area contributed by atoms with Gasteiger partial charge in [-0.05, 0) is 55.3 Å². The lowest BCUT2D eigenvalue weighted by atomic mass is 10.1. The van der Waals surface area contributed by atoms with Gasteiger partial charge >= 0.3 is 0 Å². The van der Waals surface area contributed by atoms with Crippen LogP contribution in [0.4, 0.5) is 11.5 Å². The van der Waals surface area contributed by atoms with Crippen molar-refractivity contribution < 1.29 is 19.0 Å². The number of benzene rings is 2. The minimum Gasteiger partial charge on any atom is -0.493 e. The molecule has 35 heavy (non-hydrogen) atoms. The molecule has 0 saturated carbocycles. The highest BCUT2D eigenvalue weighted by molar-refractivity contribution is 5.94. The summed E-state index contributed by atoms with van der Waals surface area (Å²) < 4.78 is 18.4. The number of carbonyl (C=O) groups excluding carboxylic acids is 1. The molecule has 0 unspecified atom stereocenters. The smallest absolute Gasteiger partial charge is 0.251 e. The quantitative estimate of drug-likeness (QED) is 0.398. The lowest BCUT2D eigenvalue weighted by Gasteiger charge is -2.12. The van der Waals surface area contributed by atoms with E-state index in [1.54, 1.807) is 38.7 Å². The van der Waals surface area contributed by atoms with Crippen LogP contribution in [0, 0.1) is 0 Å². The van der Waals surface area contributed by atoms with Crippen molar-refractivity contribution in [3.05, 3.63) is 66.6 Å². The number of anilines is 2. The number of rotatable bonds is 8. The number of nitrogens with one attached hydrogen (secondary N) is 2. The fraction of sp³-hybridized carbons (Fsp3) is 0.269. The van der Waals surface area contributed by atoms with Gasteiger partial charge in [0.25, 0.3) is 5.91 Å². The van der Waals surface area contributed by atoms with Gasteiger partial charge in [0, 0.05) is 42.4 Å². The molecule has 2 N–H and O–H groups in total. The van der Waals surface area contributed by atoms with Crippen LogP contribution in [0.3, 0.4) is 0 Å². The van der Waals surface area contributed by atoms with Crippen LogP contribution in [-0.4, -0.2) is 53.8 Å². The standard InChI is InChI=1S/C26H27N5O4/c1-33-21-10-7-18(14-22(21)34-2)24-25(31-12-11-27-16-23(31)30-24)29-19-8-5-17(6-9-19)26(32)28-15-20-4-3-13-35-20/h5-12,14,16,20,29H,3-4,13,15H2,1-2H3,(H,28,32)/t20-/m0/s1. The molecule has 0 bridgehead atoms. The molecule has 0 aliphatic carbocycles. The zero-order chi connectivity index (χ0) is 24.2. The average Bonchev–Trinajstić information content (AvgIpc) is 3.55. The Hall–Kier alpha value is -4.11. The summed E-state index contributed by atoms with van der Waals surface area (Å²) in [5.41, 5.74) is 3.71. The monoisotopic (exact) mass is 473 g/mol. The highest BCUT2D eigenvalue weighted by atomic mass is 16.5. The van der Waals surface area contributed by atoms with Gasteiger partial charge in [-0.2, -0.15) is 0 Å². The zero-order valence-corrected chi connectivity index (χ0v) is 19.7. The number of hydrogen-bond donors (Lipinski definition) is 2. The highest BCUT2D eigenvalue weighted by Gasteiger charge is 2.18. The van der Waals surface area contributed by atoms with Gasteiger partial charge in [-0.25, -0.2) is 4.98 Å². The Balaban J connectivity index is 1.40. The van der Waals surface area contributed by atoms with Crippen LogP contribution >= 0.6 is 0 Å². The second-order valence-corrected chi connectivity index (χ2v) is 8.23. The van der Waals surface area contributed by atoms with Crippen molar-refractivity contribution >= 4 is 23.1 Å². The fourth-order valence-electron chi connectivity index (χ4n) is 4.17. The highest BCUT2D eigenvalue weighted by Crippen LogP contribution is 2.36. The van der Waals surface area contributed by atoms with Crippen molar-refractivity contribution in [1.29, 1.82) is 0 Å². The third-order valence-corrected chi connectivity index (χ3v) is 6.01. The zero-order valence-electron chi connectivity index (χ0n) is 19.7. The summed E-state index contributed by atoms with van der Waals surface area (Å²) in [5.74, 6) is 1.91. The molecule has 2 aromatic carbocycles. The van der Waals surface area contributed by atoms with Crippen molar-refractivity contribution in [1.82, 2.24) is 19.7 Å². The molecule has 5 rings (SSSR count). The molecule has 9 heteroatoms. The van der Waals surface area contributed by atoms with E-state index in [1.165, 1.54) is 0 Å². The van der Waals surface area contributed by atoms with E-state index in [0.29, 0.717) is 29.3 Å². The van der Waals surface area contributed by atoms with Crippen molar-refractivity contribution in [2.75, 3.05) is 32.7 Å². The van der Waals surface area contributed by atoms with Crippen molar-refractivity contribution in [3.8, 4) is 22.8 Å². The van der Waals surface area contributed by atoms with Crippen LogP contribution in [0.25, 0.3) is 16.9 Å². The molecular weight excluding hydrogens is 446 g/mol. The van der Waals surface area contributed by atoms with Gasteiger partial charge in [0.2, 0.25) is 0 Å². The third kappa shape index (κ3) is 4.76. The van der Waals surface area contributed by atoms with Gasteiger partial charge in [0.1, 0.15) is 11.5 Å². The molecule has 1 saturated heterocycles. The van der Waals surface area contributed by atoms with E-state index in [-0.39, 0.29) is 12.0 Å². The number of aromatic nitrogens is 3. The molecule has 1 aliphatic heterocycles. The summed E-state index contributed by atoms with van der Waals surface area (Å²) in [6.07, 6.45) is 7.41. The molecule has 1 atom stereocenters. The molecule has 4 aromatic rings. The van der Waals surface area contributed by atoms with Crippen molar-refractivity contribution in [3.63, 3.8) is 0 Å². The molecule has 9 nitrogen and oxygen atoms in total. The number of imidazole rings is 1. The second-order valence-electron chi connectivity index (χ2n) is 8.23. The minimum atomic E-state index is -0.112. The van der Waals surface area contributed by atoms with E-state index in [4.69, 9.17) is 19.2 Å². The first-order chi connectivity index (χ1) is 17.2. The van der Waals surface area contributed by atoms with Gasteiger partial charge in [-0.15, -0.1) is 0 Å². The van der Waals surface area contributed by atoms with Gasteiger partial charge < -0.3 is 24.8 Å². The first kappa shape index (κ1) is 22.7. The topological polar surface area (TPSA) is 99.0 Å². The van der Waals surface area contributed by atoms with Crippen molar-refractivity contribution in [2.45, 2.75) is 18.9 Å². The van der Waals surface area contributed by atoms with Crippen LogP contribution in [0.5, 0.6) is 11.5 Å². The van der Waals surface area contributed by atoms with Crippen LogP contribution in [-0.2, 0) is 4.74 Å². The Kier molecular flexibility index (Phi) is 6.49. The number of amides is 1.